The van der Waals surface area contributed by atoms with Gasteiger partial charge in [-0.05, 0) is 30.3 Å². The minimum atomic E-state index is -0.544. The molecule has 0 bridgehead atoms. The van der Waals surface area contributed by atoms with Crippen LogP contribution in [0, 0.1) is 5.41 Å². The van der Waals surface area contributed by atoms with E-state index >= 15 is 0 Å². The van der Waals surface area contributed by atoms with Gasteiger partial charge in [0.05, 0.1) is 5.39 Å². The van der Waals surface area contributed by atoms with Crippen molar-refractivity contribution in [2.45, 2.75) is 20.8 Å². The van der Waals surface area contributed by atoms with E-state index in [0.29, 0.717) is 22.3 Å². The van der Waals surface area contributed by atoms with Gasteiger partial charge in [-0.2, -0.15) is 0 Å². The first-order chi connectivity index (χ1) is 12.7. The first-order valence-corrected chi connectivity index (χ1v) is 8.50. The first kappa shape index (κ1) is 18.4. The molecule has 0 radical (unpaired) electrons. The summed E-state index contributed by atoms with van der Waals surface area (Å²) in [7, 11) is 0. The molecule has 0 aliphatic heterocycles. The van der Waals surface area contributed by atoms with Gasteiger partial charge < -0.3 is 15.1 Å². The van der Waals surface area contributed by atoms with Crippen LogP contribution in [0.5, 0.6) is 0 Å². The lowest BCUT2D eigenvalue weighted by atomic mass is 9.95. The molecule has 2 amide bonds. The molecule has 0 atom stereocenters. The largest absolute Gasteiger partial charge is 0.451 e. The van der Waals surface area contributed by atoms with Gasteiger partial charge in [-0.25, -0.2) is 0 Å². The Morgan fingerprint density at radius 2 is 1.56 bits per heavy atom. The molecule has 0 saturated carbocycles. The summed E-state index contributed by atoms with van der Waals surface area (Å²) in [6, 6.07) is 14.7. The van der Waals surface area contributed by atoms with Crippen LogP contribution in [0.4, 0.5) is 11.4 Å². The van der Waals surface area contributed by atoms with Crippen LogP contribution in [-0.4, -0.2) is 11.8 Å². The lowest BCUT2D eigenvalue weighted by Gasteiger charge is -2.18. The SMILES string of the molecule is CC(C)(C)C(=O)Nc1cccc(NC(=O)c2cc(=O)c3ccccc3o2)c1. The number of benzene rings is 2. The zero-order chi connectivity index (χ0) is 19.6. The Morgan fingerprint density at radius 1 is 0.889 bits per heavy atom. The third kappa shape index (κ3) is 4.23. The summed E-state index contributed by atoms with van der Waals surface area (Å²) in [6.07, 6.45) is 0. The van der Waals surface area contributed by atoms with Crippen LogP contribution in [0.3, 0.4) is 0 Å². The van der Waals surface area contributed by atoms with Crippen molar-refractivity contribution >= 4 is 34.2 Å². The first-order valence-electron chi connectivity index (χ1n) is 8.50. The van der Waals surface area contributed by atoms with Crippen molar-refractivity contribution in [1.82, 2.24) is 0 Å². The second-order valence-electron chi connectivity index (χ2n) is 7.21. The molecule has 0 saturated heterocycles. The maximum Gasteiger partial charge on any atom is 0.291 e. The molecule has 2 aromatic carbocycles. The molecular weight excluding hydrogens is 344 g/mol. The van der Waals surface area contributed by atoms with Crippen molar-refractivity contribution in [3.8, 4) is 0 Å². The molecule has 3 aromatic rings. The van der Waals surface area contributed by atoms with Gasteiger partial charge in [0.1, 0.15) is 5.58 Å². The molecule has 0 aliphatic carbocycles. The van der Waals surface area contributed by atoms with Crippen LogP contribution in [-0.2, 0) is 4.79 Å². The van der Waals surface area contributed by atoms with E-state index in [0.717, 1.165) is 0 Å². The van der Waals surface area contributed by atoms with Gasteiger partial charge in [0, 0.05) is 22.9 Å². The monoisotopic (exact) mass is 364 g/mol. The number of amides is 2. The van der Waals surface area contributed by atoms with Crippen LogP contribution in [0.2, 0.25) is 0 Å². The number of anilines is 2. The van der Waals surface area contributed by atoms with Gasteiger partial charge in [-0.15, -0.1) is 0 Å². The molecule has 138 valence electrons. The number of carbonyl (C=O) groups excluding carboxylic acids is 2. The lowest BCUT2D eigenvalue weighted by Crippen LogP contribution is -2.27. The number of carbonyl (C=O) groups is 2. The Morgan fingerprint density at radius 3 is 2.26 bits per heavy atom. The number of hydrogen-bond acceptors (Lipinski definition) is 4. The summed E-state index contributed by atoms with van der Waals surface area (Å²) >= 11 is 0. The quantitative estimate of drug-likeness (QED) is 0.734. The topological polar surface area (TPSA) is 88.4 Å². The molecule has 2 N–H and O–H groups in total. The second-order valence-corrected chi connectivity index (χ2v) is 7.21. The van der Waals surface area contributed by atoms with Gasteiger partial charge in [-0.1, -0.05) is 39.0 Å². The highest BCUT2D eigenvalue weighted by Crippen LogP contribution is 2.21. The molecular formula is C21H20N2O4. The standard InChI is InChI=1S/C21H20N2O4/c1-21(2,3)20(26)23-14-8-6-7-13(11-14)22-19(25)18-12-16(24)15-9-4-5-10-17(15)27-18/h4-12H,1-3H3,(H,22,25)(H,23,26). The minimum absolute atomic E-state index is 0.0807. The summed E-state index contributed by atoms with van der Waals surface area (Å²) < 4.78 is 5.53. The predicted octanol–water partition coefficient (Wildman–Crippen LogP) is 4.03. The Hall–Kier alpha value is -3.41. The smallest absolute Gasteiger partial charge is 0.291 e. The molecule has 0 fully saturated rings. The summed E-state index contributed by atoms with van der Waals surface area (Å²) in [5, 5.41) is 5.90. The van der Waals surface area contributed by atoms with Crippen molar-refractivity contribution in [2.24, 2.45) is 5.41 Å². The fraction of sp³-hybridized carbons (Fsp3) is 0.190. The number of rotatable bonds is 3. The van der Waals surface area contributed by atoms with Crippen molar-refractivity contribution in [2.75, 3.05) is 10.6 Å². The van der Waals surface area contributed by atoms with E-state index < -0.39 is 11.3 Å². The fourth-order valence-corrected chi connectivity index (χ4v) is 2.40. The molecule has 6 heteroatoms. The van der Waals surface area contributed by atoms with Crippen molar-refractivity contribution in [3.63, 3.8) is 0 Å². The average Bonchev–Trinajstić information content (AvgIpc) is 2.61. The third-order valence-electron chi connectivity index (χ3n) is 3.92. The van der Waals surface area contributed by atoms with Crippen LogP contribution in [0.15, 0.2) is 63.8 Å². The predicted molar refractivity (Wildman–Crippen MR) is 105 cm³/mol. The van der Waals surface area contributed by atoms with E-state index in [1.807, 2.05) is 20.8 Å². The average molecular weight is 364 g/mol. The summed E-state index contributed by atoms with van der Waals surface area (Å²) in [4.78, 5) is 36.7. The summed E-state index contributed by atoms with van der Waals surface area (Å²) in [5.74, 6) is -0.758. The van der Waals surface area contributed by atoms with Crippen LogP contribution in [0.1, 0.15) is 31.3 Å². The van der Waals surface area contributed by atoms with E-state index in [1.54, 1.807) is 48.5 Å². The zero-order valence-electron chi connectivity index (χ0n) is 15.3. The van der Waals surface area contributed by atoms with Gasteiger partial charge in [0.25, 0.3) is 5.91 Å². The second kappa shape index (κ2) is 7.07. The van der Waals surface area contributed by atoms with E-state index in [4.69, 9.17) is 4.42 Å². The number of hydrogen-bond donors (Lipinski definition) is 2. The highest BCUT2D eigenvalue weighted by molar-refractivity contribution is 6.03. The number of para-hydroxylation sites is 1. The molecule has 0 aliphatic rings. The molecule has 3 rings (SSSR count). The fourth-order valence-electron chi connectivity index (χ4n) is 2.40. The van der Waals surface area contributed by atoms with E-state index in [1.165, 1.54) is 6.07 Å². The molecule has 6 nitrogen and oxygen atoms in total. The van der Waals surface area contributed by atoms with Gasteiger partial charge in [0.2, 0.25) is 5.91 Å². The summed E-state index contributed by atoms with van der Waals surface area (Å²) in [5.41, 5.74) is 0.568. The van der Waals surface area contributed by atoms with Crippen LogP contribution < -0.4 is 16.1 Å². The van der Waals surface area contributed by atoms with Gasteiger partial charge in [0.15, 0.2) is 11.2 Å². The van der Waals surface area contributed by atoms with Crippen LogP contribution >= 0.6 is 0 Å². The van der Waals surface area contributed by atoms with Crippen molar-refractivity contribution < 1.29 is 14.0 Å². The maximum atomic E-state index is 12.5. The lowest BCUT2D eigenvalue weighted by molar-refractivity contribution is -0.123. The molecule has 0 unspecified atom stereocenters. The Bertz CT molecular complexity index is 1080. The van der Waals surface area contributed by atoms with Gasteiger partial charge >= 0.3 is 0 Å². The third-order valence-corrected chi connectivity index (χ3v) is 3.92. The number of nitrogens with one attached hydrogen (secondary N) is 2. The molecule has 1 aromatic heterocycles. The Kier molecular flexibility index (Phi) is 4.81. The van der Waals surface area contributed by atoms with E-state index in [2.05, 4.69) is 10.6 Å². The molecule has 1 heterocycles. The molecule has 27 heavy (non-hydrogen) atoms. The summed E-state index contributed by atoms with van der Waals surface area (Å²) in [6.45, 7) is 5.45. The Labute approximate surface area is 156 Å². The number of fused-ring (bicyclic) bond motifs is 1. The van der Waals surface area contributed by atoms with E-state index in [-0.39, 0.29) is 17.1 Å². The van der Waals surface area contributed by atoms with Crippen LogP contribution in [0.25, 0.3) is 11.0 Å². The van der Waals surface area contributed by atoms with Crippen molar-refractivity contribution in [1.29, 1.82) is 0 Å². The Balaban J connectivity index is 1.81. The zero-order valence-corrected chi connectivity index (χ0v) is 15.3. The molecule has 0 spiro atoms. The normalized spacial score (nSPS) is 11.2. The highest BCUT2D eigenvalue weighted by atomic mass is 16.3. The van der Waals surface area contributed by atoms with Crippen molar-refractivity contribution in [3.05, 3.63) is 70.6 Å². The maximum absolute atomic E-state index is 12.5. The highest BCUT2D eigenvalue weighted by Gasteiger charge is 2.21. The minimum Gasteiger partial charge on any atom is -0.451 e. The van der Waals surface area contributed by atoms with Gasteiger partial charge in [-0.3, -0.25) is 14.4 Å². The van der Waals surface area contributed by atoms with E-state index in [9.17, 15) is 14.4 Å².